The number of hydrogen-bond donors (Lipinski definition) is 0. The molecule has 0 saturated carbocycles. The molecule has 0 radical (unpaired) electrons. The van der Waals surface area contributed by atoms with Crippen LogP contribution in [0.2, 0.25) is 0 Å². The summed E-state index contributed by atoms with van der Waals surface area (Å²) in [6.07, 6.45) is 54.4. The topological polar surface area (TPSA) is 80.9 Å². The molecule has 0 bridgehead atoms. The van der Waals surface area contributed by atoms with Crippen molar-refractivity contribution in [1.29, 1.82) is 0 Å². The van der Waals surface area contributed by atoms with E-state index in [0.29, 0.717) is 48.6 Å². The highest BCUT2D eigenvalue weighted by Crippen LogP contribution is 2.31. The third-order valence-electron chi connectivity index (χ3n) is 15.3. The average Bonchev–Trinajstić information content (AvgIpc) is 3.44. The molecule has 0 spiro atoms. The minimum Gasteiger partial charge on any atom is -0.490 e. The molecule has 0 atom stereocenters. The van der Waals surface area contributed by atoms with Crippen molar-refractivity contribution in [2.45, 2.75) is 285 Å². The Morgan fingerprint density at radius 3 is 0.750 bits per heavy atom. The number of ether oxygens (including phenoxy) is 4. The van der Waals surface area contributed by atoms with Gasteiger partial charge in [-0.1, -0.05) is 271 Å². The van der Waals surface area contributed by atoms with Crippen LogP contribution in [0.15, 0.2) is 46.0 Å². The smallest absolute Gasteiger partial charge is 0.274 e. The van der Waals surface area contributed by atoms with Crippen molar-refractivity contribution in [1.82, 2.24) is 9.13 Å². The summed E-state index contributed by atoms with van der Waals surface area (Å²) >= 11 is 0. The third-order valence-corrected chi connectivity index (χ3v) is 15.3. The van der Waals surface area contributed by atoms with E-state index in [-0.39, 0.29) is 11.1 Å². The second-order valence-corrected chi connectivity index (χ2v) is 22.3. The van der Waals surface area contributed by atoms with Crippen LogP contribution in [0.5, 0.6) is 23.0 Å². The van der Waals surface area contributed by atoms with E-state index < -0.39 is 0 Å². The molecule has 76 heavy (non-hydrogen) atoms. The molecule has 2 aromatic carbocycles. The van der Waals surface area contributed by atoms with Crippen molar-refractivity contribution in [3.63, 3.8) is 0 Å². The summed E-state index contributed by atoms with van der Waals surface area (Å²) in [6.45, 7) is 11.6. The Labute approximate surface area is 465 Å². The van der Waals surface area contributed by atoms with Crippen molar-refractivity contribution in [2.24, 2.45) is 14.1 Å². The van der Waals surface area contributed by atoms with Crippen LogP contribution in [-0.4, -0.2) is 35.6 Å². The van der Waals surface area contributed by atoms with Crippen LogP contribution in [0.25, 0.3) is 12.2 Å². The number of unbranched alkanes of at least 4 members (excludes halogenated alkanes) is 36. The Bertz CT molecular complexity index is 1990. The highest BCUT2D eigenvalue weighted by Gasteiger charge is 2.12. The van der Waals surface area contributed by atoms with Crippen molar-refractivity contribution in [2.75, 3.05) is 26.4 Å². The Hall–Kier alpha value is -3.94. The van der Waals surface area contributed by atoms with Gasteiger partial charge in [0.25, 0.3) is 11.1 Å². The lowest BCUT2D eigenvalue weighted by molar-refractivity contribution is 0.258. The highest BCUT2D eigenvalue weighted by atomic mass is 16.5. The van der Waals surface area contributed by atoms with Crippen LogP contribution in [0.3, 0.4) is 0 Å². The molecule has 1 heterocycles. The van der Waals surface area contributed by atoms with Gasteiger partial charge in [-0.25, -0.2) is 0 Å². The Balaban J connectivity index is 1.76. The number of aromatic nitrogens is 2. The summed E-state index contributed by atoms with van der Waals surface area (Å²) in [6, 6.07) is 11.8. The maximum atomic E-state index is 14.2. The van der Waals surface area contributed by atoms with E-state index >= 15 is 0 Å². The molecule has 3 rings (SSSR count). The van der Waals surface area contributed by atoms with Crippen molar-refractivity contribution in [3.8, 4) is 23.0 Å². The lowest BCUT2D eigenvalue weighted by Crippen LogP contribution is -2.56. The quantitative estimate of drug-likeness (QED) is 0.0524. The fourth-order valence-corrected chi connectivity index (χ4v) is 10.3. The van der Waals surface area contributed by atoms with Gasteiger partial charge >= 0.3 is 0 Å². The van der Waals surface area contributed by atoms with E-state index in [1.54, 1.807) is 26.2 Å². The maximum absolute atomic E-state index is 14.2. The molecular weight excluding hydrogens is 941 g/mol. The first-order valence-corrected chi connectivity index (χ1v) is 32.1. The normalized spacial score (nSPS) is 12.0. The van der Waals surface area contributed by atoms with Crippen molar-refractivity contribution in [3.05, 3.63) is 78.9 Å². The van der Waals surface area contributed by atoms with E-state index in [1.165, 1.54) is 215 Å². The molecule has 0 N–H and O–H groups in total. The zero-order valence-electron chi connectivity index (χ0n) is 50.1. The van der Waals surface area contributed by atoms with Gasteiger partial charge in [-0.3, -0.25) is 9.59 Å². The van der Waals surface area contributed by atoms with Gasteiger partial charge < -0.3 is 28.1 Å². The average molecular weight is 1060 g/mol. The summed E-state index contributed by atoms with van der Waals surface area (Å²) < 4.78 is 28.6. The standard InChI is InChI=1S/C68H114N2O6/c1-7-11-15-19-23-27-31-35-39-43-51-73-63-49-47-59(57-65(63)75-53-45-41-37-33-29-25-21-17-13-9-3)55-61-67(71)70(6)62(68(72)69(61)5)56-60-48-50-64(74-52-44-40-36-32-28-24-20-16-12-8-2)66(58-60)76-54-46-42-38-34-30-26-22-18-14-10-4/h47-50,55-58H,7-46,51-54H2,1-6H3/b61-55-,62-56-. The monoisotopic (exact) mass is 1050 g/mol. The zero-order chi connectivity index (χ0) is 54.5. The molecule has 0 amide bonds. The molecule has 8 heteroatoms. The van der Waals surface area contributed by atoms with Gasteiger partial charge in [0.2, 0.25) is 0 Å². The lowest BCUT2D eigenvalue weighted by atomic mass is 10.1. The van der Waals surface area contributed by atoms with E-state index in [0.717, 1.165) is 74.0 Å². The maximum Gasteiger partial charge on any atom is 0.274 e. The molecule has 1 aromatic heterocycles. The number of rotatable bonds is 50. The van der Waals surface area contributed by atoms with Crippen molar-refractivity contribution < 1.29 is 18.9 Å². The van der Waals surface area contributed by atoms with Crippen LogP contribution >= 0.6 is 0 Å². The molecule has 0 aliphatic heterocycles. The van der Waals surface area contributed by atoms with Gasteiger partial charge in [0.05, 0.1) is 26.4 Å². The molecule has 0 aliphatic carbocycles. The lowest BCUT2D eigenvalue weighted by Gasteiger charge is -2.14. The fraction of sp³-hybridized carbons (Fsp3) is 0.735. The van der Waals surface area contributed by atoms with Crippen LogP contribution in [-0.2, 0) is 14.1 Å². The van der Waals surface area contributed by atoms with Crippen LogP contribution in [0.1, 0.15) is 296 Å². The second kappa shape index (κ2) is 45.0. The first kappa shape index (κ1) is 66.3. The van der Waals surface area contributed by atoms with Gasteiger partial charge in [0.15, 0.2) is 23.0 Å². The molecule has 432 valence electrons. The largest absolute Gasteiger partial charge is 0.490 e. The van der Waals surface area contributed by atoms with E-state index in [9.17, 15) is 9.59 Å². The van der Waals surface area contributed by atoms with Gasteiger partial charge in [-0.05, 0) is 73.2 Å². The van der Waals surface area contributed by atoms with Gasteiger partial charge in [-0.2, -0.15) is 0 Å². The molecule has 0 aliphatic rings. The van der Waals surface area contributed by atoms with Crippen molar-refractivity contribution >= 4 is 12.2 Å². The minimum absolute atomic E-state index is 0.253. The first-order chi connectivity index (χ1) is 37.3. The van der Waals surface area contributed by atoms with E-state index in [4.69, 9.17) is 18.9 Å². The van der Waals surface area contributed by atoms with E-state index in [2.05, 4.69) is 27.7 Å². The SMILES string of the molecule is CCCCCCCCCCCCOc1ccc(/C=c2/c(=O)n(C)/c(=C\c3ccc(OCCCCCCCCCCCC)c(OCCCCCCCCCCCC)c3)c(=O)n2C)cc1OCCCCCCCCCCCC. The van der Waals surface area contributed by atoms with Gasteiger partial charge in [-0.15, -0.1) is 0 Å². The summed E-state index contributed by atoms with van der Waals surface area (Å²) in [4.78, 5) is 28.4. The van der Waals surface area contributed by atoms with Gasteiger partial charge in [0.1, 0.15) is 10.7 Å². The molecule has 0 saturated heterocycles. The predicted octanol–water partition coefficient (Wildman–Crippen LogP) is 17.9. The Morgan fingerprint density at radius 2 is 0.513 bits per heavy atom. The molecule has 0 unspecified atom stereocenters. The summed E-state index contributed by atoms with van der Waals surface area (Å²) in [5.74, 6) is 2.83. The summed E-state index contributed by atoms with van der Waals surface area (Å²) in [5.41, 5.74) is 1.06. The number of benzene rings is 2. The van der Waals surface area contributed by atoms with Gasteiger partial charge in [0, 0.05) is 14.1 Å². The van der Waals surface area contributed by atoms with Crippen LogP contribution in [0.4, 0.5) is 0 Å². The highest BCUT2D eigenvalue weighted by molar-refractivity contribution is 5.57. The molecular formula is C68H114N2O6. The molecule has 3 aromatic rings. The summed E-state index contributed by atoms with van der Waals surface area (Å²) in [7, 11) is 3.37. The second-order valence-electron chi connectivity index (χ2n) is 22.3. The zero-order valence-corrected chi connectivity index (χ0v) is 50.1. The number of hydrogen-bond acceptors (Lipinski definition) is 6. The minimum atomic E-state index is -0.253. The predicted molar refractivity (Wildman–Crippen MR) is 326 cm³/mol. The Morgan fingerprint density at radius 1 is 0.303 bits per heavy atom. The number of nitrogens with zero attached hydrogens (tertiary/aromatic N) is 2. The van der Waals surface area contributed by atoms with E-state index in [1.807, 2.05) is 36.4 Å². The third kappa shape index (κ3) is 29.7. The molecule has 0 fully saturated rings. The summed E-state index contributed by atoms with van der Waals surface area (Å²) in [5, 5.41) is 0.612. The first-order valence-electron chi connectivity index (χ1n) is 32.1. The van der Waals surface area contributed by atoms with Crippen LogP contribution < -0.4 is 40.8 Å². The molecule has 8 nitrogen and oxygen atoms in total. The fourth-order valence-electron chi connectivity index (χ4n) is 10.3. The Kier molecular flexibility index (Phi) is 39.3. The van der Waals surface area contributed by atoms with Crippen LogP contribution in [0, 0.1) is 0 Å².